The number of rotatable bonds is 2. The monoisotopic (exact) mass is 306 g/mol. The Balaban J connectivity index is 1.83. The summed E-state index contributed by atoms with van der Waals surface area (Å²) in [6.45, 7) is 2.08. The van der Waals surface area contributed by atoms with E-state index >= 15 is 0 Å². The molecule has 0 atom stereocenters. The summed E-state index contributed by atoms with van der Waals surface area (Å²) in [6.07, 6.45) is 1.79. The number of hydrogen-bond acceptors (Lipinski definition) is 4. The largest absolute Gasteiger partial charge is 0.326 e. The van der Waals surface area contributed by atoms with Crippen LogP contribution in [-0.2, 0) is 7.05 Å². The molecule has 0 radical (unpaired) electrons. The second-order valence-corrected chi connectivity index (χ2v) is 6.10. The van der Waals surface area contributed by atoms with E-state index in [1.807, 2.05) is 30.6 Å². The van der Waals surface area contributed by atoms with Crippen LogP contribution in [0, 0.1) is 6.92 Å². The minimum atomic E-state index is 0.888. The molecule has 4 nitrogen and oxygen atoms in total. The van der Waals surface area contributed by atoms with Crippen molar-refractivity contribution in [1.82, 2.24) is 19.5 Å². The number of pyridine rings is 1. The number of aryl methyl sites for hydroxylation is 2. The van der Waals surface area contributed by atoms with Crippen LogP contribution in [0.15, 0.2) is 48.0 Å². The fourth-order valence-electron chi connectivity index (χ4n) is 2.52. The van der Waals surface area contributed by atoms with Gasteiger partial charge < -0.3 is 4.57 Å². The van der Waals surface area contributed by atoms with E-state index in [0.29, 0.717) is 0 Å². The molecule has 0 fully saturated rings. The van der Waals surface area contributed by atoms with Gasteiger partial charge >= 0.3 is 0 Å². The van der Waals surface area contributed by atoms with Gasteiger partial charge in [0.25, 0.3) is 0 Å². The molecule has 22 heavy (non-hydrogen) atoms. The van der Waals surface area contributed by atoms with Crippen LogP contribution in [0.2, 0.25) is 0 Å². The molecule has 0 amide bonds. The van der Waals surface area contributed by atoms with E-state index in [2.05, 4.69) is 34.7 Å². The molecule has 0 N–H and O–H groups in total. The van der Waals surface area contributed by atoms with Gasteiger partial charge in [-0.15, -0.1) is 11.3 Å². The van der Waals surface area contributed by atoms with E-state index in [4.69, 9.17) is 9.97 Å². The Morgan fingerprint density at radius 3 is 2.77 bits per heavy atom. The van der Waals surface area contributed by atoms with Gasteiger partial charge in [-0.3, -0.25) is 4.98 Å². The molecule has 3 aromatic heterocycles. The van der Waals surface area contributed by atoms with Crippen LogP contribution in [0.4, 0.5) is 0 Å². The maximum atomic E-state index is 4.74. The van der Waals surface area contributed by atoms with Crippen LogP contribution in [-0.4, -0.2) is 19.5 Å². The molecule has 1 aromatic carbocycles. The van der Waals surface area contributed by atoms with Crippen molar-refractivity contribution in [3.8, 4) is 22.2 Å². The van der Waals surface area contributed by atoms with Crippen LogP contribution in [0.3, 0.4) is 0 Å². The number of imidazole rings is 1. The van der Waals surface area contributed by atoms with E-state index < -0.39 is 0 Å². The Labute approximate surface area is 132 Å². The minimum absolute atomic E-state index is 0.888. The number of aromatic nitrogens is 4. The van der Waals surface area contributed by atoms with E-state index in [0.717, 1.165) is 33.3 Å². The Morgan fingerprint density at radius 1 is 1.05 bits per heavy atom. The smallest absolute Gasteiger partial charge is 0.160 e. The first-order valence-electron chi connectivity index (χ1n) is 7.03. The Morgan fingerprint density at radius 2 is 1.95 bits per heavy atom. The van der Waals surface area contributed by atoms with Gasteiger partial charge in [0, 0.05) is 18.6 Å². The van der Waals surface area contributed by atoms with Crippen LogP contribution >= 0.6 is 11.3 Å². The molecule has 0 unspecified atom stereocenters. The lowest BCUT2D eigenvalue weighted by atomic mass is 10.2. The third kappa shape index (κ3) is 2.10. The molecule has 0 bridgehead atoms. The van der Waals surface area contributed by atoms with Crippen molar-refractivity contribution in [2.45, 2.75) is 6.92 Å². The third-order valence-electron chi connectivity index (χ3n) is 3.65. The Hall–Kier alpha value is -2.53. The highest BCUT2D eigenvalue weighted by Crippen LogP contribution is 2.29. The molecule has 0 aliphatic heterocycles. The molecule has 0 saturated carbocycles. The van der Waals surface area contributed by atoms with Crippen LogP contribution in [0.1, 0.15) is 5.56 Å². The fourth-order valence-corrected chi connectivity index (χ4v) is 3.30. The summed E-state index contributed by atoms with van der Waals surface area (Å²) < 4.78 is 2.09. The van der Waals surface area contributed by atoms with Gasteiger partial charge in [-0.25, -0.2) is 9.97 Å². The first kappa shape index (κ1) is 13.2. The highest BCUT2D eigenvalue weighted by molar-refractivity contribution is 7.13. The van der Waals surface area contributed by atoms with Gasteiger partial charge in [0.15, 0.2) is 5.82 Å². The molecule has 4 aromatic rings. The van der Waals surface area contributed by atoms with Crippen LogP contribution in [0.5, 0.6) is 0 Å². The summed E-state index contributed by atoms with van der Waals surface area (Å²) in [6, 6.07) is 12.2. The highest BCUT2D eigenvalue weighted by Gasteiger charge is 2.14. The van der Waals surface area contributed by atoms with Crippen LogP contribution in [0.25, 0.3) is 33.3 Å². The standard InChI is InChI=1S/C17H14N4S/c1-11-6-7-15-13(9-11)19-16(21(15)2)14-10-22-17(20-14)12-5-3-4-8-18-12/h3-10H,1-2H3. The summed E-state index contributed by atoms with van der Waals surface area (Å²) in [5.74, 6) is 0.888. The molecule has 0 aliphatic carbocycles. The first-order chi connectivity index (χ1) is 10.7. The first-order valence-corrected chi connectivity index (χ1v) is 7.91. The summed E-state index contributed by atoms with van der Waals surface area (Å²) in [4.78, 5) is 13.8. The molecular weight excluding hydrogens is 292 g/mol. The number of hydrogen-bond donors (Lipinski definition) is 0. The van der Waals surface area contributed by atoms with Crippen molar-refractivity contribution in [3.05, 3.63) is 53.5 Å². The third-order valence-corrected chi connectivity index (χ3v) is 4.52. The quantitative estimate of drug-likeness (QED) is 0.561. The maximum Gasteiger partial charge on any atom is 0.160 e. The van der Waals surface area contributed by atoms with Crippen molar-refractivity contribution < 1.29 is 0 Å². The Bertz CT molecular complexity index is 953. The second kappa shape index (κ2) is 5.03. The molecule has 4 rings (SSSR count). The lowest BCUT2D eigenvalue weighted by Crippen LogP contribution is -1.92. The lowest BCUT2D eigenvalue weighted by Gasteiger charge is -1.99. The summed E-state index contributed by atoms with van der Waals surface area (Å²) in [5.41, 5.74) is 5.12. The fraction of sp³-hybridized carbons (Fsp3) is 0.118. The summed E-state index contributed by atoms with van der Waals surface area (Å²) in [7, 11) is 2.03. The molecule has 5 heteroatoms. The molecule has 3 heterocycles. The van der Waals surface area contributed by atoms with Gasteiger partial charge in [0.1, 0.15) is 10.7 Å². The minimum Gasteiger partial charge on any atom is -0.326 e. The average molecular weight is 306 g/mol. The van der Waals surface area contributed by atoms with E-state index in [1.54, 1.807) is 17.5 Å². The summed E-state index contributed by atoms with van der Waals surface area (Å²) in [5, 5.41) is 2.96. The van der Waals surface area contributed by atoms with Gasteiger partial charge in [0.2, 0.25) is 0 Å². The zero-order valence-corrected chi connectivity index (χ0v) is 13.1. The predicted octanol–water partition coefficient (Wildman–Crippen LogP) is 4.07. The van der Waals surface area contributed by atoms with Crippen molar-refractivity contribution in [1.29, 1.82) is 0 Å². The molecule has 0 spiro atoms. The molecule has 0 saturated heterocycles. The maximum absolute atomic E-state index is 4.74. The van der Waals surface area contributed by atoms with Crippen molar-refractivity contribution >= 4 is 22.4 Å². The van der Waals surface area contributed by atoms with Crippen molar-refractivity contribution in [3.63, 3.8) is 0 Å². The summed E-state index contributed by atoms with van der Waals surface area (Å²) >= 11 is 1.59. The van der Waals surface area contributed by atoms with Gasteiger partial charge in [-0.05, 0) is 36.8 Å². The predicted molar refractivity (Wildman–Crippen MR) is 89.8 cm³/mol. The van der Waals surface area contributed by atoms with Gasteiger partial charge in [-0.1, -0.05) is 12.1 Å². The van der Waals surface area contributed by atoms with E-state index in [9.17, 15) is 0 Å². The second-order valence-electron chi connectivity index (χ2n) is 5.24. The molecule has 0 aliphatic rings. The van der Waals surface area contributed by atoms with E-state index in [-0.39, 0.29) is 0 Å². The van der Waals surface area contributed by atoms with Crippen LogP contribution < -0.4 is 0 Å². The normalized spacial score (nSPS) is 11.2. The van der Waals surface area contributed by atoms with Crippen molar-refractivity contribution in [2.24, 2.45) is 7.05 Å². The van der Waals surface area contributed by atoms with E-state index in [1.165, 1.54) is 5.56 Å². The number of benzene rings is 1. The zero-order valence-electron chi connectivity index (χ0n) is 12.3. The SMILES string of the molecule is Cc1ccc2c(c1)nc(-c1csc(-c3ccccn3)n1)n2C. The van der Waals surface area contributed by atoms with Crippen molar-refractivity contribution in [2.75, 3.05) is 0 Å². The number of fused-ring (bicyclic) bond motifs is 1. The van der Waals surface area contributed by atoms with Gasteiger partial charge in [0.05, 0.1) is 16.7 Å². The highest BCUT2D eigenvalue weighted by atomic mass is 32.1. The topological polar surface area (TPSA) is 43.6 Å². The number of thiazole rings is 1. The lowest BCUT2D eigenvalue weighted by molar-refractivity contribution is 0.953. The number of nitrogens with zero attached hydrogens (tertiary/aromatic N) is 4. The Kier molecular flexibility index (Phi) is 3.01. The molecular formula is C17H14N4S. The average Bonchev–Trinajstić information content (AvgIpc) is 3.13. The zero-order chi connectivity index (χ0) is 15.1. The molecule has 108 valence electrons. The van der Waals surface area contributed by atoms with Gasteiger partial charge in [-0.2, -0.15) is 0 Å².